The molecule has 0 aromatic carbocycles. The van der Waals surface area contributed by atoms with Crippen LogP contribution in [0.2, 0.25) is 0 Å². The van der Waals surface area contributed by atoms with Gasteiger partial charge in [0.15, 0.2) is 0 Å². The third-order valence-corrected chi connectivity index (χ3v) is 2.89. The zero-order valence-corrected chi connectivity index (χ0v) is 12.5. The summed E-state index contributed by atoms with van der Waals surface area (Å²) in [5.74, 6) is -1.32. The van der Waals surface area contributed by atoms with Crippen LogP contribution >= 0.6 is 0 Å². The lowest BCUT2D eigenvalue weighted by Crippen LogP contribution is -2.29. The molecule has 2 atom stereocenters. The molecule has 0 aliphatic rings. The highest BCUT2D eigenvalue weighted by Gasteiger charge is 2.22. The van der Waals surface area contributed by atoms with Crippen LogP contribution in [-0.2, 0) is 19.1 Å². The molecular weight excluding hydrogens is 278 g/mol. The van der Waals surface area contributed by atoms with Gasteiger partial charge in [0.05, 0.1) is 0 Å². The van der Waals surface area contributed by atoms with Gasteiger partial charge in [-0.05, 0) is 26.2 Å². The maximum atomic E-state index is 11.7. The number of esters is 1. The van der Waals surface area contributed by atoms with Gasteiger partial charge < -0.3 is 20.3 Å². The number of amides is 1. The molecule has 7 heteroatoms. The van der Waals surface area contributed by atoms with Crippen molar-refractivity contribution in [1.82, 2.24) is 0 Å². The average molecular weight is 301 g/mol. The Kier molecular flexibility index (Phi) is 8.84. The Labute approximate surface area is 124 Å². The number of carbonyl (C=O) groups is 3. The maximum absolute atomic E-state index is 11.7. The number of primary amides is 1. The number of rotatable bonds is 10. The standard InChI is InChI=1S/C14H23NO6/c1-4-11(9(2)10(3)20-14(15)19)21-13(18)8-6-5-7-12(16)17/h10-11H,2,4-8H2,1,3H3,(H2,15,19)(H,16,17). The van der Waals surface area contributed by atoms with Crippen molar-refractivity contribution in [3.63, 3.8) is 0 Å². The van der Waals surface area contributed by atoms with E-state index < -0.39 is 30.2 Å². The van der Waals surface area contributed by atoms with E-state index in [9.17, 15) is 14.4 Å². The summed E-state index contributed by atoms with van der Waals surface area (Å²) in [5, 5.41) is 8.49. The van der Waals surface area contributed by atoms with Gasteiger partial charge >= 0.3 is 18.0 Å². The van der Waals surface area contributed by atoms with Gasteiger partial charge in [-0.2, -0.15) is 0 Å². The first kappa shape index (κ1) is 18.9. The molecule has 0 fully saturated rings. The van der Waals surface area contributed by atoms with E-state index in [0.29, 0.717) is 24.8 Å². The highest BCUT2D eigenvalue weighted by atomic mass is 16.6. The number of carboxylic acid groups (broad SMARTS) is 1. The SMILES string of the molecule is C=C(C(C)OC(N)=O)C(CC)OC(=O)CCCCC(=O)O. The maximum Gasteiger partial charge on any atom is 0.405 e. The first-order valence-electron chi connectivity index (χ1n) is 6.84. The lowest BCUT2D eigenvalue weighted by atomic mass is 10.0. The van der Waals surface area contributed by atoms with Gasteiger partial charge in [-0.3, -0.25) is 9.59 Å². The summed E-state index contributed by atoms with van der Waals surface area (Å²) in [6.07, 6.45) is -0.600. The molecule has 0 aliphatic heterocycles. The van der Waals surface area contributed by atoms with E-state index in [1.165, 1.54) is 0 Å². The van der Waals surface area contributed by atoms with Crippen LogP contribution in [0.25, 0.3) is 0 Å². The summed E-state index contributed by atoms with van der Waals surface area (Å²) in [7, 11) is 0. The molecule has 0 aliphatic carbocycles. The van der Waals surface area contributed by atoms with Crippen LogP contribution in [0.1, 0.15) is 46.0 Å². The number of unbranched alkanes of at least 4 members (excludes halogenated alkanes) is 1. The van der Waals surface area contributed by atoms with Gasteiger partial charge in [0.1, 0.15) is 12.2 Å². The summed E-state index contributed by atoms with van der Waals surface area (Å²) in [5.41, 5.74) is 5.38. The van der Waals surface area contributed by atoms with E-state index in [4.69, 9.17) is 20.3 Å². The number of nitrogens with two attached hydrogens (primary N) is 1. The van der Waals surface area contributed by atoms with E-state index in [2.05, 4.69) is 6.58 Å². The van der Waals surface area contributed by atoms with Gasteiger partial charge in [0, 0.05) is 18.4 Å². The largest absolute Gasteiger partial charge is 0.481 e. The van der Waals surface area contributed by atoms with E-state index in [1.807, 2.05) is 6.92 Å². The van der Waals surface area contributed by atoms with Crippen molar-refractivity contribution in [2.45, 2.75) is 58.2 Å². The fourth-order valence-corrected chi connectivity index (χ4v) is 1.70. The molecule has 0 heterocycles. The van der Waals surface area contributed by atoms with Crippen molar-refractivity contribution in [2.24, 2.45) is 5.73 Å². The van der Waals surface area contributed by atoms with Gasteiger partial charge in [-0.15, -0.1) is 0 Å². The normalized spacial score (nSPS) is 13.0. The molecule has 2 unspecified atom stereocenters. The topological polar surface area (TPSA) is 116 Å². The van der Waals surface area contributed by atoms with Gasteiger partial charge in [-0.25, -0.2) is 4.79 Å². The summed E-state index contributed by atoms with van der Waals surface area (Å²) in [4.78, 5) is 32.7. The van der Waals surface area contributed by atoms with Crippen molar-refractivity contribution < 1.29 is 29.0 Å². The molecule has 0 aromatic heterocycles. The fourth-order valence-electron chi connectivity index (χ4n) is 1.70. The van der Waals surface area contributed by atoms with E-state index in [0.717, 1.165) is 0 Å². The Morgan fingerprint density at radius 1 is 1.19 bits per heavy atom. The molecule has 0 bridgehead atoms. The number of carbonyl (C=O) groups excluding carboxylic acids is 2. The van der Waals surface area contributed by atoms with Crippen LogP contribution in [0.3, 0.4) is 0 Å². The summed E-state index contributed by atoms with van der Waals surface area (Å²) >= 11 is 0. The average Bonchev–Trinajstić information content (AvgIpc) is 2.39. The lowest BCUT2D eigenvalue weighted by Gasteiger charge is -2.23. The Hall–Kier alpha value is -2.05. The van der Waals surface area contributed by atoms with Crippen molar-refractivity contribution >= 4 is 18.0 Å². The van der Waals surface area contributed by atoms with Crippen LogP contribution in [0, 0.1) is 0 Å². The predicted molar refractivity (Wildman–Crippen MR) is 75.5 cm³/mol. The molecule has 21 heavy (non-hydrogen) atoms. The molecule has 1 amide bonds. The van der Waals surface area contributed by atoms with Crippen molar-refractivity contribution in [3.05, 3.63) is 12.2 Å². The monoisotopic (exact) mass is 301 g/mol. The zero-order valence-electron chi connectivity index (χ0n) is 12.5. The Bertz CT molecular complexity index is 393. The second-order valence-corrected chi connectivity index (χ2v) is 4.64. The summed E-state index contributed by atoms with van der Waals surface area (Å²) in [6.45, 7) is 7.17. The second-order valence-electron chi connectivity index (χ2n) is 4.64. The number of hydrogen-bond donors (Lipinski definition) is 2. The molecule has 7 nitrogen and oxygen atoms in total. The van der Waals surface area contributed by atoms with Crippen molar-refractivity contribution in [2.75, 3.05) is 0 Å². The van der Waals surface area contributed by atoms with Crippen LogP contribution in [0.5, 0.6) is 0 Å². The predicted octanol–water partition coefficient (Wildman–Crippen LogP) is 1.99. The number of carboxylic acids is 1. The number of aliphatic carboxylic acids is 1. The minimum Gasteiger partial charge on any atom is -0.481 e. The number of ether oxygens (including phenoxy) is 2. The van der Waals surface area contributed by atoms with Gasteiger partial charge in [-0.1, -0.05) is 13.5 Å². The molecule has 3 N–H and O–H groups in total. The van der Waals surface area contributed by atoms with Crippen LogP contribution in [0.15, 0.2) is 12.2 Å². The summed E-state index contributed by atoms with van der Waals surface area (Å²) in [6, 6.07) is 0. The third-order valence-electron chi connectivity index (χ3n) is 2.89. The molecule has 0 rings (SSSR count). The van der Waals surface area contributed by atoms with Gasteiger partial charge in [0.2, 0.25) is 0 Å². The summed E-state index contributed by atoms with van der Waals surface area (Å²) < 4.78 is 10.0. The van der Waals surface area contributed by atoms with Crippen LogP contribution in [-0.4, -0.2) is 35.3 Å². The van der Waals surface area contributed by atoms with Crippen LogP contribution in [0.4, 0.5) is 4.79 Å². The highest BCUT2D eigenvalue weighted by molar-refractivity contribution is 5.70. The highest BCUT2D eigenvalue weighted by Crippen LogP contribution is 2.17. The minimum absolute atomic E-state index is 0.0285. The Balaban J connectivity index is 4.23. The first-order valence-corrected chi connectivity index (χ1v) is 6.84. The van der Waals surface area contributed by atoms with Gasteiger partial charge in [0.25, 0.3) is 0 Å². The third kappa shape index (κ3) is 8.67. The molecule has 0 saturated heterocycles. The van der Waals surface area contributed by atoms with E-state index in [-0.39, 0.29) is 12.8 Å². The van der Waals surface area contributed by atoms with Crippen LogP contribution < -0.4 is 5.73 Å². The lowest BCUT2D eigenvalue weighted by molar-refractivity contribution is -0.148. The molecule has 0 saturated carbocycles. The molecule has 0 aromatic rings. The quantitative estimate of drug-likeness (QED) is 0.362. The van der Waals surface area contributed by atoms with E-state index in [1.54, 1.807) is 6.92 Å². The second kappa shape index (κ2) is 9.79. The van der Waals surface area contributed by atoms with Crippen molar-refractivity contribution in [3.8, 4) is 0 Å². The minimum atomic E-state index is -0.918. The molecular formula is C14H23NO6. The molecule has 0 radical (unpaired) electrons. The molecule has 120 valence electrons. The Morgan fingerprint density at radius 3 is 2.24 bits per heavy atom. The van der Waals surface area contributed by atoms with E-state index >= 15 is 0 Å². The first-order chi connectivity index (χ1) is 9.77. The number of hydrogen-bond acceptors (Lipinski definition) is 5. The zero-order chi connectivity index (χ0) is 16.4. The fraction of sp³-hybridized carbons (Fsp3) is 0.643. The Morgan fingerprint density at radius 2 is 1.76 bits per heavy atom. The van der Waals surface area contributed by atoms with Crippen molar-refractivity contribution in [1.29, 1.82) is 0 Å². The smallest absolute Gasteiger partial charge is 0.405 e. The molecule has 0 spiro atoms.